The maximum Gasteiger partial charge on any atom is 0.121 e. The van der Waals surface area contributed by atoms with E-state index in [0.29, 0.717) is 0 Å². The quantitative estimate of drug-likeness (QED) is 0.278. The number of nitrogens with two attached hydrogens (primary N) is 1. The zero-order chi connectivity index (χ0) is 6.24. The largest absolute Gasteiger partial charge is 0.554 e. The number of carbonyl (C=O) groups excluding carboxylic acids is 1. The highest BCUT2D eigenvalue weighted by Crippen LogP contribution is 1.57. The van der Waals surface area contributed by atoms with Crippen LogP contribution in [0.2, 0.25) is 0 Å². The average Bonchev–Trinajstić information content (AvgIpc) is 2.17. The van der Waals surface area contributed by atoms with Gasteiger partial charge in [-0.1, -0.05) is 5.10 Å². The van der Waals surface area contributed by atoms with Gasteiger partial charge in [0.25, 0.3) is 0 Å². The molecule has 0 saturated heterocycles. The minimum Gasteiger partial charge on any atom is -0.554 e. The van der Waals surface area contributed by atoms with Crippen molar-refractivity contribution in [1.29, 1.82) is 0 Å². The summed E-state index contributed by atoms with van der Waals surface area (Å²) in [5, 5.41) is 12.0. The van der Waals surface area contributed by atoms with E-state index in [4.69, 9.17) is 9.90 Å². The second kappa shape index (κ2) is 5.84. The molecule has 0 spiro atoms. The lowest BCUT2D eigenvalue weighted by Crippen LogP contribution is -2.69. The molecular formula is C4H6N2O2. The van der Waals surface area contributed by atoms with E-state index >= 15 is 0 Å². The monoisotopic (exact) mass is 114 g/mol. The van der Waals surface area contributed by atoms with E-state index in [0.717, 1.165) is 0 Å². The van der Waals surface area contributed by atoms with Gasteiger partial charge >= 0.3 is 0 Å². The SMILES string of the molecule is C1=C[NH2+]N=C1.O=C[O-]. The van der Waals surface area contributed by atoms with E-state index in [-0.39, 0.29) is 0 Å². The molecule has 1 rings (SSSR count). The minimum atomic E-state index is -0.500. The Kier molecular flexibility index (Phi) is 4.99. The standard InChI is InChI=1S/C3H4N2.CH2O2/c1-2-4-5-3-1;2-1-3/h1-3H,(H,4,5);1H,(H,2,3). The summed E-state index contributed by atoms with van der Waals surface area (Å²) in [5.74, 6) is 0. The number of nitrogens with zero attached hydrogens (tertiary/aromatic N) is 1. The Morgan fingerprint density at radius 2 is 2.38 bits per heavy atom. The molecule has 0 aromatic carbocycles. The highest BCUT2D eigenvalue weighted by atomic mass is 16.3. The Bertz CT molecular complexity index is 98.6. The van der Waals surface area contributed by atoms with Gasteiger partial charge in [0.1, 0.15) is 6.20 Å². The fraction of sp³-hybridized carbons (Fsp3) is 0. The molecule has 0 aromatic heterocycles. The third-order valence-corrected chi connectivity index (χ3v) is 0.455. The van der Waals surface area contributed by atoms with Gasteiger partial charge in [-0.15, -0.1) is 0 Å². The van der Waals surface area contributed by atoms with Crippen LogP contribution in [0.15, 0.2) is 17.4 Å². The van der Waals surface area contributed by atoms with Crippen LogP contribution in [0.1, 0.15) is 0 Å². The van der Waals surface area contributed by atoms with Crippen molar-refractivity contribution in [2.75, 3.05) is 0 Å². The smallest absolute Gasteiger partial charge is 0.121 e. The summed E-state index contributed by atoms with van der Waals surface area (Å²) in [6.45, 7) is -0.500. The van der Waals surface area contributed by atoms with Crippen molar-refractivity contribution in [3.8, 4) is 0 Å². The molecule has 0 aromatic rings. The summed E-state index contributed by atoms with van der Waals surface area (Å²) in [5.41, 5.74) is 1.75. The molecule has 0 aliphatic carbocycles. The predicted molar refractivity (Wildman–Crippen MR) is 25.6 cm³/mol. The van der Waals surface area contributed by atoms with Crippen molar-refractivity contribution in [3.05, 3.63) is 12.3 Å². The Hall–Kier alpha value is -1.16. The summed E-state index contributed by atoms with van der Waals surface area (Å²) in [6.07, 6.45) is 5.53. The van der Waals surface area contributed by atoms with Crippen LogP contribution in [0.3, 0.4) is 0 Å². The van der Waals surface area contributed by atoms with E-state index in [9.17, 15) is 0 Å². The topological polar surface area (TPSA) is 69.1 Å². The Labute approximate surface area is 46.5 Å². The number of hydrogen-bond acceptors (Lipinski definition) is 3. The van der Waals surface area contributed by atoms with E-state index in [1.54, 1.807) is 11.6 Å². The molecule has 0 unspecified atom stereocenters. The van der Waals surface area contributed by atoms with Gasteiger partial charge in [0.15, 0.2) is 0 Å². The van der Waals surface area contributed by atoms with Crippen LogP contribution < -0.4 is 10.5 Å². The summed E-state index contributed by atoms with van der Waals surface area (Å²) >= 11 is 0. The fourth-order valence-electron chi connectivity index (χ4n) is 0.248. The van der Waals surface area contributed by atoms with Gasteiger partial charge < -0.3 is 9.90 Å². The summed E-state index contributed by atoms with van der Waals surface area (Å²) < 4.78 is 0. The number of hydrogen-bond donors (Lipinski definition) is 1. The van der Waals surface area contributed by atoms with Gasteiger partial charge in [0.2, 0.25) is 0 Å². The third-order valence-electron chi connectivity index (χ3n) is 0.455. The van der Waals surface area contributed by atoms with Crippen molar-refractivity contribution in [2.45, 2.75) is 0 Å². The predicted octanol–water partition coefficient (Wildman–Crippen LogP) is -2.57. The minimum absolute atomic E-state index is 0.500. The highest BCUT2D eigenvalue weighted by molar-refractivity contribution is 5.70. The Morgan fingerprint density at radius 1 is 1.75 bits per heavy atom. The number of quaternary nitrogens is 1. The normalized spacial score (nSPS) is 12.5. The molecule has 4 heteroatoms. The zero-order valence-corrected chi connectivity index (χ0v) is 4.15. The molecule has 0 amide bonds. The van der Waals surface area contributed by atoms with Gasteiger partial charge in [-0.3, -0.25) is 0 Å². The first-order valence-electron chi connectivity index (χ1n) is 1.99. The molecule has 2 N–H and O–H groups in total. The van der Waals surface area contributed by atoms with Crippen molar-refractivity contribution in [1.82, 2.24) is 0 Å². The molecule has 44 valence electrons. The second-order valence-electron chi connectivity index (χ2n) is 0.928. The molecule has 0 atom stereocenters. The molecule has 0 bridgehead atoms. The van der Waals surface area contributed by atoms with Crippen LogP contribution in [0.5, 0.6) is 0 Å². The summed E-state index contributed by atoms with van der Waals surface area (Å²) in [6, 6.07) is 0. The number of allylic oxidation sites excluding steroid dienone is 1. The zero-order valence-electron chi connectivity index (χ0n) is 4.15. The Morgan fingerprint density at radius 3 is 2.50 bits per heavy atom. The van der Waals surface area contributed by atoms with E-state index < -0.39 is 6.47 Å². The number of carboxylic acid groups (broad SMARTS) is 1. The second-order valence-corrected chi connectivity index (χ2v) is 0.928. The Balaban J connectivity index is 0.000000145. The van der Waals surface area contributed by atoms with E-state index in [1.807, 2.05) is 12.3 Å². The fourth-order valence-corrected chi connectivity index (χ4v) is 0.248. The van der Waals surface area contributed by atoms with Crippen molar-refractivity contribution < 1.29 is 15.3 Å². The van der Waals surface area contributed by atoms with E-state index in [2.05, 4.69) is 5.10 Å². The molecule has 8 heavy (non-hydrogen) atoms. The van der Waals surface area contributed by atoms with E-state index in [1.165, 1.54) is 0 Å². The van der Waals surface area contributed by atoms with Crippen LogP contribution in [0, 0.1) is 0 Å². The molecule has 0 saturated carbocycles. The first-order valence-corrected chi connectivity index (χ1v) is 1.99. The van der Waals surface area contributed by atoms with Gasteiger partial charge in [-0.25, -0.2) is 0 Å². The highest BCUT2D eigenvalue weighted by Gasteiger charge is 1.76. The molecular weight excluding hydrogens is 108 g/mol. The van der Waals surface area contributed by atoms with Crippen LogP contribution in [0.4, 0.5) is 0 Å². The number of rotatable bonds is 0. The van der Waals surface area contributed by atoms with Crippen LogP contribution in [-0.2, 0) is 4.79 Å². The van der Waals surface area contributed by atoms with Gasteiger partial charge in [0, 0.05) is 12.5 Å². The summed E-state index contributed by atoms with van der Waals surface area (Å²) in [7, 11) is 0. The lowest BCUT2D eigenvalue weighted by molar-refractivity contribution is -0.589. The average molecular weight is 114 g/mol. The lowest BCUT2D eigenvalue weighted by Gasteiger charge is -1.60. The van der Waals surface area contributed by atoms with Crippen molar-refractivity contribution in [3.63, 3.8) is 0 Å². The van der Waals surface area contributed by atoms with Gasteiger partial charge in [-0.2, -0.15) is 5.43 Å². The van der Waals surface area contributed by atoms with Gasteiger partial charge in [-0.05, 0) is 0 Å². The molecule has 1 heterocycles. The number of carbonyl (C=O) groups is 1. The first-order chi connectivity index (χ1) is 3.91. The molecule has 4 nitrogen and oxygen atoms in total. The summed E-state index contributed by atoms with van der Waals surface area (Å²) in [4.78, 5) is 8.25. The first kappa shape index (κ1) is 6.84. The maximum absolute atomic E-state index is 8.25. The van der Waals surface area contributed by atoms with Crippen molar-refractivity contribution in [2.24, 2.45) is 5.10 Å². The van der Waals surface area contributed by atoms with Crippen LogP contribution in [0.25, 0.3) is 0 Å². The van der Waals surface area contributed by atoms with Crippen molar-refractivity contribution >= 4 is 12.7 Å². The maximum atomic E-state index is 8.25. The third kappa shape index (κ3) is 4.84. The molecule has 1 aliphatic rings. The van der Waals surface area contributed by atoms with Crippen LogP contribution in [-0.4, -0.2) is 12.7 Å². The van der Waals surface area contributed by atoms with Crippen LogP contribution >= 0.6 is 0 Å². The lowest BCUT2D eigenvalue weighted by atomic mass is 10.7. The molecule has 0 radical (unpaired) electrons. The molecule has 1 aliphatic heterocycles. The molecule has 0 fully saturated rings. The van der Waals surface area contributed by atoms with Gasteiger partial charge in [0.05, 0.1) is 6.21 Å².